The normalized spacial score (nSPS) is 24.2. The van der Waals surface area contributed by atoms with Gasteiger partial charge in [0.25, 0.3) is 0 Å². The van der Waals surface area contributed by atoms with Crippen LogP contribution < -0.4 is 0 Å². The fraction of sp³-hybridized carbons (Fsp3) is 0.688. The summed E-state index contributed by atoms with van der Waals surface area (Å²) in [4.78, 5) is 16.0. The maximum Gasteiger partial charge on any atom is 0.232 e. The molecule has 1 saturated carbocycles. The van der Waals surface area contributed by atoms with Crippen molar-refractivity contribution in [1.82, 2.24) is 4.90 Å². The second kappa shape index (κ2) is 7.93. The van der Waals surface area contributed by atoms with Crippen LogP contribution in [-0.2, 0) is 4.79 Å². The highest BCUT2D eigenvalue weighted by Crippen LogP contribution is 2.37. The number of carbonyl (C=O) groups excluding carboxylic acids is 1. The molecule has 1 aliphatic heterocycles. The Morgan fingerprint density at radius 2 is 2.14 bits per heavy atom. The van der Waals surface area contributed by atoms with Gasteiger partial charge in [0, 0.05) is 34.2 Å². The van der Waals surface area contributed by atoms with Crippen LogP contribution in [0.15, 0.2) is 17.5 Å². The Labute approximate surface area is 140 Å². The third-order valence-electron chi connectivity index (χ3n) is 4.30. The highest BCUT2D eigenvalue weighted by Gasteiger charge is 2.24. The summed E-state index contributed by atoms with van der Waals surface area (Å²) in [5.74, 6) is 2.13. The molecule has 21 heavy (non-hydrogen) atoms. The summed E-state index contributed by atoms with van der Waals surface area (Å²) < 4.78 is 0. The number of carbonyl (C=O) groups is 1. The second-order valence-corrected chi connectivity index (χ2v) is 9.34. The molecular formula is C16H23NOS3. The van der Waals surface area contributed by atoms with Crippen molar-refractivity contribution in [3.63, 3.8) is 0 Å². The smallest absolute Gasteiger partial charge is 0.232 e. The molecular weight excluding hydrogens is 318 g/mol. The van der Waals surface area contributed by atoms with E-state index in [2.05, 4.69) is 22.4 Å². The molecule has 1 saturated heterocycles. The van der Waals surface area contributed by atoms with E-state index in [0.717, 1.165) is 30.5 Å². The average Bonchev–Trinajstić information content (AvgIpc) is 3.15. The van der Waals surface area contributed by atoms with Crippen LogP contribution in [0.25, 0.3) is 0 Å². The predicted octanol–water partition coefficient (Wildman–Crippen LogP) is 4.43. The van der Waals surface area contributed by atoms with Crippen molar-refractivity contribution in [2.24, 2.45) is 0 Å². The summed E-state index contributed by atoms with van der Waals surface area (Å²) >= 11 is 5.76. The molecule has 0 unspecified atom stereocenters. The van der Waals surface area contributed by atoms with Gasteiger partial charge in [-0.1, -0.05) is 18.9 Å². The molecule has 3 rings (SSSR count). The lowest BCUT2D eigenvalue weighted by atomic mass is 10.2. The van der Waals surface area contributed by atoms with Crippen molar-refractivity contribution in [2.75, 3.05) is 24.6 Å². The summed E-state index contributed by atoms with van der Waals surface area (Å²) in [7, 11) is 0. The van der Waals surface area contributed by atoms with E-state index in [-0.39, 0.29) is 0 Å². The predicted molar refractivity (Wildman–Crippen MR) is 95.4 cm³/mol. The number of thiophene rings is 1. The van der Waals surface area contributed by atoms with Crippen molar-refractivity contribution in [2.45, 2.75) is 42.6 Å². The van der Waals surface area contributed by atoms with Crippen molar-refractivity contribution < 1.29 is 4.79 Å². The molecule has 0 aromatic carbocycles. The minimum atomic E-state index is 0.360. The second-order valence-electron chi connectivity index (χ2n) is 5.76. The molecule has 1 aliphatic carbocycles. The third-order valence-corrected chi connectivity index (χ3v) is 8.10. The van der Waals surface area contributed by atoms with Gasteiger partial charge in [0.15, 0.2) is 0 Å². The van der Waals surface area contributed by atoms with Crippen molar-refractivity contribution >= 4 is 40.8 Å². The lowest BCUT2D eigenvalue weighted by molar-refractivity contribution is -0.128. The van der Waals surface area contributed by atoms with Gasteiger partial charge >= 0.3 is 0 Å². The van der Waals surface area contributed by atoms with Gasteiger partial charge in [0.1, 0.15) is 0 Å². The molecule has 0 bridgehead atoms. The summed E-state index contributed by atoms with van der Waals surface area (Å²) in [6.45, 7) is 1.86. The van der Waals surface area contributed by atoms with Gasteiger partial charge in [-0.05, 0) is 30.7 Å². The molecule has 0 N–H and O–H groups in total. The zero-order valence-corrected chi connectivity index (χ0v) is 14.8. The minimum absolute atomic E-state index is 0.360. The standard InChI is InChI=1S/C16H23NOS3/c18-16(12-21-13-4-1-2-5-13)17-8-7-15(20-11-9-17)14-6-3-10-19-14/h3,6,10,13,15H,1-2,4-5,7-9,11-12H2/t15-/m0/s1. The average molecular weight is 342 g/mol. The van der Waals surface area contributed by atoms with Gasteiger partial charge < -0.3 is 4.90 Å². The number of hydrogen-bond acceptors (Lipinski definition) is 4. The van der Waals surface area contributed by atoms with E-state index in [1.54, 1.807) is 0 Å². The van der Waals surface area contributed by atoms with E-state index in [1.807, 2.05) is 34.9 Å². The van der Waals surface area contributed by atoms with E-state index < -0.39 is 0 Å². The first-order valence-electron chi connectivity index (χ1n) is 7.87. The highest BCUT2D eigenvalue weighted by atomic mass is 32.2. The lowest BCUT2D eigenvalue weighted by Gasteiger charge is -2.21. The zero-order valence-electron chi connectivity index (χ0n) is 12.3. The van der Waals surface area contributed by atoms with E-state index in [1.165, 1.54) is 30.6 Å². The molecule has 1 amide bonds. The Hall–Kier alpha value is -0.130. The summed E-state index contributed by atoms with van der Waals surface area (Å²) in [6.07, 6.45) is 6.44. The van der Waals surface area contributed by atoms with Crippen LogP contribution >= 0.6 is 34.9 Å². The van der Waals surface area contributed by atoms with E-state index in [0.29, 0.717) is 16.9 Å². The van der Waals surface area contributed by atoms with Crippen molar-refractivity contribution in [1.29, 1.82) is 0 Å². The monoisotopic (exact) mass is 341 g/mol. The van der Waals surface area contributed by atoms with Crippen LogP contribution in [0.1, 0.15) is 42.2 Å². The van der Waals surface area contributed by atoms with Crippen LogP contribution in [-0.4, -0.2) is 40.7 Å². The van der Waals surface area contributed by atoms with Gasteiger partial charge in [-0.15, -0.1) is 23.1 Å². The zero-order chi connectivity index (χ0) is 14.5. The Morgan fingerprint density at radius 3 is 2.90 bits per heavy atom. The molecule has 5 heteroatoms. The summed E-state index contributed by atoms with van der Waals surface area (Å²) in [5, 5.41) is 3.49. The summed E-state index contributed by atoms with van der Waals surface area (Å²) in [5.41, 5.74) is 0. The number of rotatable bonds is 4. The molecule has 0 spiro atoms. The van der Waals surface area contributed by atoms with Gasteiger partial charge in [-0.3, -0.25) is 4.79 Å². The fourth-order valence-corrected chi connectivity index (χ4v) is 6.52. The Balaban J connectivity index is 1.46. The molecule has 0 radical (unpaired) electrons. The van der Waals surface area contributed by atoms with Gasteiger partial charge in [-0.2, -0.15) is 11.8 Å². The van der Waals surface area contributed by atoms with Crippen LogP contribution in [0.5, 0.6) is 0 Å². The first-order chi connectivity index (χ1) is 10.3. The van der Waals surface area contributed by atoms with Crippen LogP contribution in [0.2, 0.25) is 0 Å². The summed E-state index contributed by atoms with van der Waals surface area (Å²) in [6, 6.07) is 4.36. The first kappa shape index (κ1) is 15.8. The SMILES string of the molecule is O=C(CSC1CCCC1)N1CCS[C@H](c2cccs2)CC1. The topological polar surface area (TPSA) is 20.3 Å². The van der Waals surface area contributed by atoms with Crippen LogP contribution in [0.3, 0.4) is 0 Å². The first-order valence-corrected chi connectivity index (χ1v) is 10.8. The number of hydrogen-bond donors (Lipinski definition) is 0. The van der Waals surface area contributed by atoms with Crippen molar-refractivity contribution in [3.8, 4) is 0 Å². The van der Waals surface area contributed by atoms with Gasteiger partial charge in [0.2, 0.25) is 5.91 Å². The van der Waals surface area contributed by atoms with E-state index in [4.69, 9.17) is 0 Å². The molecule has 1 aromatic heterocycles. The van der Waals surface area contributed by atoms with Gasteiger partial charge in [0.05, 0.1) is 5.75 Å². The fourth-order valence-electron chi connectivity index (χ4n) is 3.06. The Morgan fingerprint density at radius 1 is 1.29 bits per heavy atom. The molecule has 2 fully saturated rings. The van der Waals surface area contributed by atoms with E-state index >= 15 is 0 Å². The highest BCUT2D eigenvalue weighted by molar-refractivity contribution is 8.00. The third kappa shape index (κ3) is 4.42. The number of amides is 1. The molecule has 2 aliphatic rings. The van der Waals surface area contributed by atoms with Crippen LogP contribution in [0.4, 0.5) is 0 Å². The lowest BCUT2D eigenvalue weighted by Crippen LogP contribution is -2.34. The molecule has 1 aromatic rings. The van der Waals surface area contributed by atoms with E-state index in [9.17, 15) is 4.79 Å². The van der Waals surface area contributed by atoms with Crippen LogP contribution in [0, 0.1) is 0 Å². The molecule has 2 heterocycles. The molecule has 116 valence electrons. The molecule has 1 atom stereocenters. The van der Waals surface area contributed by atoms with Gasteiger partial charge in [-0.25, -0.2) is 0 Å². The Kier molecular flexibility index (Phi) is 5.95. The maximum atomic E-state index is 12.4. The minimum Gasteiger partial charge on any atom is -0.341 e. The number of thioether (sulfide) groups is 2. The quantitative estimate of drug-likeness (QED) is 0.808. The Bertz CT molecular complexity index is 442. The largest absolute Gasteiger partial charge is 0.341 e. The van der Waals surface area contributed by atoms with Crippen molar-refractivity contribution in [3.05, 3.63) is 22.4 Å². The molecule has 2 nitrogen and oxygen atoms in total. The maximum absolute atomic E-state index is 12.4. The number of nitrogens with zero attached hydrogens (tertiary/aromatic N) is 1.